The molecule has 2 N–H and O–H groups in total. The molecular weight excluding hydrogens is 308 g/mol. The highest BCUT2D eigenvalue weighted by Crippen LogP contribution is 2.14. The number of aromatic nitrogens is 5. The molecule has 0 bridgehead atoms. The molecule has 0 saturated carbocycles. The van der Waals surface area contributed by atoms with Crippen LogP contribution in [0.2, 0.25) is 0 Å². The third-order valence-corrected chi connectivity index (χ3v) is 3.47. The van der Waals surface area contributed by atoms with Gasteiger partial charge in [-0.05, 0) is 33.7 Å². The molecule has 0 aliphatic carbocycles. The van der Waals surface area contributed by atoms with Gasteiger partial charge >= 0.3 is 5.97 Å². The van der Waals surface area contributed by atoms with Crippen molar-refractivity contribution in [1.29, 1.82) is 0 Å². The monoisotopic (exact) mass is 330 g/mol. The number of rotatable bonds is 6. The summed E-state index contributed by atoms with van der Waals surface area (Å²) in [6.45, 7) is 7.00. The van der Waals surface area contributed by atoms with E-state index in [1.165, 1.54) is 0 Å². The first-order valence-electron chi connectivity index (χ1n) is 8.00. The molecule has 0 saturated heterocycles. The molecule has 8 heteroatoms. The third kappa shape index (κ3) is 3.70. The molecule has 128 valence electrons. The molecule has 0 aliphatic heterocycles. The Kier molecular flexibility index (Phi) is 4.48. The average molecular weight is 330 g/mol. The minimum Gasteiger partial charge on any atom is -0.460 e. The van der Waals surface area contributed by atoms with E-state index >= 15 is 0 Å². The molecule has 0 fully saturated rings. The van der Waals surface area contributed by atoms with E-state index in [0.717, 1.165) is 29.8 Å². The van der Waals surface area contributed by atoms with Crippen LogP contribution in [0.15, 0.2) is 18.9 Å². The number of H-pyrrole nitrogens is 1. The van der Waals surface area contributed by atoms with E-state index in [1.54, 1.807) is 12.7 Å². The van der Waals surface area contributed by atoms with Crippen LogP contribution in [0.5, 0.6) is 0 Å². The number of hydrogen-bond acceptors (Lipinski definition) is 6. The van der Waals surface area contributed by atoms with Crippen LogP contribution in [0.3, 0.4) is 0 Å². The van der Waals surface area contributed by atoms with Crippen molar-refractivity contribution in [2.45, 2.75) is 45.8 Å². The maximum Gasteiger partial charge on any atom is 0.306 e. The standard InChI is InChI=1S/C16H22N6O2/c1-16(2,3)24-12(23)5-4-6-17-7-11-8-18-15-13-14(20-9-19-13)21-10-22(11)15/h8-10,17H,4-7H2,1-3H3,(H,19,20). The largest absolute Gasteiger partial charge is 0.460 e. The van der Waals surface area contributed by atoms with Crippen LogP contribution >= 0.6 is 0 Å². The van der Waals surface area contributed by atoms with E-state index in [0.29, 0.717) is 18.6 Å². The number of carbonyl (C=O) groups excluding carboxylic acids is 1. The molecule has 3 aromatic rings. The second-order valence-corrected chi connectivity index (χ2v) is 6.66. The van der Waals surface area contributed by atoms with E-state index < -0.39 is 5.60 Å². The van der Waals surface area contributed by atoms with Gasteiger partial charge in [0.1, 0.15) is 17.4 Å². The lowest BCUT2D eigenvalue weighted by atomic mass is 10.2. The van der Waals surface area contributed by atoms with Gasteiger partial charge in [0.15, 0.2) is 11.3 Å². The fourth-order valence-corrected chi connectivity index (χ4v) is 2.47. The molecule has 0 amide bonds. The summed E-state index contributed by atoms with van der Waals surface area (Å²) in [7, 11) is 0. The number of nitrogens with zero attached hydrogens (tertiary/aromatic N) is 4. The van der Waals surface area contributed by atoms with Crippen molar-refractivity contribution in [1.82, 2.24) is 29.7 Å². The smallest absolute Gasteiger partial charge is 0.306 e. The van der Waals surface area contributed by atoms with Gasteiger partial charge in [0.05, 0.1) is 18.2 Å². The highest BCUT2D eigenvalue weighted by atomic mass is 16.6. The van der Waals surface area contributed by atoms with Crippen LogP contribution in [0.25, 0.3) is 16.8 Å². The molecule has 0 radical (unpaired) electrons. The third-order valence-electron chi connectivity index (χ3n) is 3.47. The minimum atomic E-state index is -0.425. The van der Waals surface area contributed by atoms with Gasteiger partial charge < -0.3 is 15.0 Å². The Morgan fingerprint density at radius 2 is 2.17 bits per heavy atom. The second-order valence-electron chi connectivity index (χ2n) is 6.66. The number of esters is 1. The van der Waals surface area contributed by atoms with Crippen LogP contribution in [0.1, 0.15) is 39.3 Å². The Hall–Kier alpha value is -2.48. The summed E-state index contributed by atoms with van der Waals surface area (Å²) < 4.78 is 7.21. The molecular formula is C16H22N6O2. The zero-order valence-corrected chi connectivity index (χ0v) is 14.2. The molecule has 0 atom stereocenters. The van der Waals surface area contributed by atoms with Crippen LogP contribution in [0, 0.1) is 0 Å². The number of fused-ring (bicyclic) bond motifs is 3. The Labute approximate surface area is 139 Å². The Bertz CT molecular complexity index is 845. The molecule has 0 aliphatic rings. The van der Waals surface area contributed by atoms with Crippen molar-refractivity contribution in [2.24, 2.45) is 0 Å². The molecule has 3 aromatic heterocycles. The van der Waals surface area contributed by atoms with Crippen molar-refractivity contribution in [3.63, 3.8) is 0 Å². The quantitative estimate of drug-likeness (QED) is 0.528. The number of nitrogens with one attached hydrogen (secondary N) is 2. The summed E-state index contributed by atoms with van der Waals surface area (Å²) in [6, 6.07) is 0. The van der Waals surface area contributed by atoms with Crippen molar-refractivity contribution in [2.75, 3.05) is 6.54 Å². The van der Waals surface area contributed by atoms with Gasteiger partial charge in [0.25, 0.3) is 0 Å². The SMILES string of the molecule is CC(C)(C)OC(=O)CCCNCc1cnc2c3[nH]cnc3ncn12. The van der Waals surface area contributed by atoms with Gasteiger partial charge in [-0.1, -0.05) is 0 Å². The lowest BCUT2D eigenvalue weighted by Crippen LogP contribution is -2.24. The fraction of sp³-hybridized carbons (Fsp3) is 0.500. The van der Waals surface area contributed by atoms with Crippen LogP contribution in [0.4, 0.5) is 0 Å². The number of imidazole rings is 2. The summed E-state index contributed by atoms with van der Waals surface area (Å²) in [5.41, 5.74) is 2.87. The first kappa shape index (κ1) is 16.4. The summed E-state index contributed by atoms with van der Waals surface area (Å²) in [6.07, 6.45) is 6.30. The maximum absolute atomic E-state index is 11.6. The number of aromatic amines is 1. The van der Waals surface area contributed by atoms with Crippen LogP contribution < -0.4 is 5.32 Å². The van der Waals surface area contributed by atoms with Crippen molar-refractivity contribution < 1.29 is 9.53 Å². The van der Waals surface area contributed by atoms with E-state index in [4.69, 9.17) is 4.74 Å². The van der Waals surface area contributed by atoms with Gasteiger partial charge in [-0.25, -0.2) is 15.0 Å². The van der Waals surface area contributed by atoms with Gasteiger partial charge in [-0.3, -0.25) is 9.20 Å². The molecule has 0 aromatic carbocycles. The number of ether oxygens (including phenoxy) is 1. The maximum atomic E-state index is 11.6. The second kappa shape index (κ2) is 6.56. The van der Waals surface area contributed by atoms with Gasteiger partial charge in [-0.15, -0.1) is 0 Å². The average Bonchev–Trinajstić information content (AvgIpc) is 3.10. The van der Waals surface area contributed by atoms with E-state index in [9.17, 15) is 4.79 Å². The predicted octanol–water partition coefficient (Wildman–Crippen LogP) is 1.82. The lowest BCUT2D eigenvalue weighted by molar-refractivity contribution is -0.154. The zero-order chi connectivity index (χ0) is 17.2. The zero-order valence-electron chi connectivity index (χ0n) is 14.2. The topological polar surface area (TPSA) is 97.2 Å². The van der Waals surface area contributed by atoms with Gasteiger partial charge in [0, 0.05) is 13.0 Å². The highest BCUT2D eigenvalue weighted by molar-refractivity contribution is 5.84. The first-order chi connectivity index (χ1) is 11.4. The van der Waals surface area contributed by atoms with Crippen molar-refractivity contribution >= 4 is 22.8 Å². The first-order valence-corrected chi connectivity index (χ1v) is 8.00. The van der Waals surface area contributed by atoms with Gasteiger partial charge in [-0.2, -0.15) is 0 Å². The summed E-state index contributed by atoms with van der Waals surface area (Å²) in [5.74, 6) is -0.162. The van der Waals surface area contributed by atoms with Crippen molar-refractivity contribution in [3.05, 3.63) is 24.5 Å². The van der Waals surface area contributed by atoms with E-state index in [-0.39, 0.29) is 5.97 Å². The van der Waals surface area contributed by atoms with Crippen LogP contribution in [-0.4, -0.2) is 42.5 Å². The Morgan fingerprint density at radius 3 is 2.96 bits per heavy atom. The molecule has 0 spiro atoms. The summed E-state index contributed by atoms with van der Waals surface area (Å²) in [4.78, 5) is 27.5. The normalized spacial score (nSPS) is 12.1. The molecule has 24 heavy (non-hydrogen) atoms. The van der Waals surface area contributed by atoms with Crippen LogP contribution in [-0.2, 0) is 16.1 Å². The molecule has 0 unspecified atom stereocenters. The summed E-state index contributed by atoms with van der Waals surface area (Å²) >= 11 is 0. The fourth-order valence-electron chi connectivity index (χ4n) is 2.47. The Morgan fingerprint density at radius 1 is 1.33 bits per heavy atom. The lowest BCUT2D eigenvalue weighted by Gasteiger charge is -2.19. The minimum absolute atomic E-state index is 0.162. The van der Waals surface area contributed by atoms with Crippen molar-refractivity contribution in [3.8, 4) is 0 Å². The number of carbonyl (C=O) groups is 1. The van der Waals surface area contributed by atoms with E-state index in [2.05, 4.69) is 25.3 Å². The number of hydrogen-bond donors (Lipinski definition) is 2. The highest BCUT2D eigenvalue weighted by Gasteiger charge is 2.15. The van der Waals surface area contributed by atoms with E-state index in [1.807, 2.05) is 31.4 Å². The van der Waals surface area contributed by atoms with Gasteiger partial charge in [0.2, 0.25) is 0 Å². The molecule has 8 nitrogen and oxygen atoms in total. The molecule has 3 rings (SSSR count). The predicted molar refractivity (Wildman–Crippen MR) is 89.4 cm³/mol. The summed E-state index contributed by atoms with van der Waals surface area (Å²) in [5, 5.41) is 3.32. The molecule has 3 heterocycles. The Balaban J connectivity index is 1.51.